The highest BCUT2D eigenvalue weighted by atomic mass is 28.4. The standard InChI is InChI=1S/C14H28O5Si3/c1-11(20(2)17)22(5,6)19-21(3,4)9-7-8-12-10-13(15)18-14(12)16/h11-12H,7-10H2,1-6H3. The quantitative estimate of drug-likeness (QED) is 0.377. The normalized spacial score (nSPS) is 20.9. The average Bonchev–Trinajstić information content (AvgIpc) is 2.65. The molecule has 1 saturated heterocycles. The summed E-state index contributed by atoms with van der Waals surface area (Å²) in [6.07, 6.45) is 1.77. The Balaban J connectivity index is 2.48. The Morgan fingerprint density at radius 2 is 1.91 bits per heavy atom. The molecule has 1 heterocycles. The van der Waals surface area contributed by atoms with Gasteiger partial charge in [0.25, 0.3) is 8.68 Å². The number of cyclic esters (lactones) is 2. The van der Waals surface area contributed by atoms with E-state index in [4.69, 9.17) is 4.12 Å². The van der Waals surface area contributed by atoms with E-state index in [9.17, 15) is 14.1 Å². The molecule has 22 heavy (non-hydrogen) atoms. The van der Waals surface area contributed by atoms with Gasteiger partial charge in [-0.3, -0.25) is 9.59 Å². The fourth-order valence-electron chi connectivity index (χ4n) is 2.86. The lowest BCUT2D eigenvalue weighted by atomic mass is 10.0. The molecule has 1 aliphatic heterocycles. The van der Waals surface area contributed by atoms with Crippen LogP contribution in [0, 0.1) is 5.92 Å². The summed E-state index contributed by atoms with van der Waals surface area (Å²) in [5, 5.41) is 0.173. The van der Waals surface area contributed by atoms with Crippen LogP contribution in [0.5, 0.6) is 0 Å². The van der Waals surface area contributed by atoms with Gasteiger partial charge >= 0.3 is 11.9 Å². The third kappa shape index (κ3) is 5.64. The molecule has 0 N–H and O–H groups in total. The number of esters is 2. The van der Waals surface area contributed by atoms with Crippen molar-refractivity contribution in [2.45, 2.75) is 70.1 Å². The van der Waals surface area contributed by atoms with Crippen LogP contribution in [0.2, 0.25) is 43.9 Å². The van der Waals surface area contributed by atoms with Crippen LogP contribution in [0.25, 0.3) is 0 Å². The molecule has 5 nitrogen and oxygen atoms in total. The molecule has 0 bridgehead atoms. The fraction of sp³-hybridized carbons (Fsp3) is 0.857. The van der Waals surface area contributed by atoms with Crippen molar-refractivity contribution in [3.8, 4) is 0 Å². The summed E-state index contributed by atoms with van der Waals surface area (Å²) in [4.78, 5) is 22.5. The number of ether oxygens (including phenoxy) is 1. The van der Waals surface area contributed by atoms with Gasteiger partial charge in [-0.25, -0.2) is 0 Å². The van der Waals surface area contributed by atoms with Gasteiger partial charge in [-0.2, -0.15) is 0 Å². The van der Waals surface area contributed by atoms with E-state index in [2.05, 4.69) is 30.9 Å². The van der Waals surface area contributed by atoms with Crippen LogP contribution in [0.3, 0.4) is 0 Å². The molecule has 1 rings (SSSR count). The molecule has 0 radical (unpaired) electrons. The first-order valence-electron chi connectivity index (χ1n) is 7.90. The van der Waals surface area contributed by atoms with Crippen LogP contribution in [-0.2, 0) is 22.9 Å². The molecule has 0 saturated carbocycles. The van der Waals surface area contributed by atoms with E-state index in [1.54, 1.807) is 0 Å². The molecular weight excluding hydrogens is 332 g/mol. The van der Waals surface area contributed by atoms with Gasteiger partial charge in [0.1, 0.15) is 0 Å². The Labute approximate surface area is 136 Å². The first-order chi connectivity index (χ1) is 9.94. The summed E-state index contributed by atoms with van der Waals surface area (Å²) in [6.45, 7) is 12.5. The first kappa shape index (κ1) is 19.6. The van der Waals surface area contributed by atoms with Crippen LogP contribution >= 0.6 is 0 Å². The van der Waals surface area contributed by atoms with Crippen molar-refractivity contribution in [1.29, 1.82) is 0 Å². The van der Waals surface area contributed by atoms with Crippen molar-refractivity contribution in [3.05, 3.63) is 0 Å². The van der Waals surface area contributed by atoms with E-state index >= 15 is 0 Å². The molecule has 0 spiro atoms. The molecule has 2 atom stereocenters. The van der Waals surface area contributed by atoms with Gasteiger partial charge in [0, 0.05) is 5.16 Å². The van der Waals surface area contributed by atoms with Crippen molar-refractivity contribution < 1.29 is 22.9 Å². The topological polar surface area (TPSA) is 69.7 Å². The number of hydrogen-bond acceptors (Lipinski definition) is 5. The Hall–Kier alpha value is -0.449. The van der Waals surface area contributed by atoms with E-state index in [1.807, 2.05) is 13.5 Å². The van der Waals surface area contributed by atoms with Crippen LogP contribution in [-0.4, -0.2) is 37.3 Å². The number of carbonyl (C=O) groups is 2. The summed E-state index contributed by atoms with van der Waals surface area (Å²) in [7, 11) is -5.40. The Kier molecular flexibility index (Phi) is 6.60. The molecule has 8 heteroatoms. The van der Waals surface area contributed by atoms with Crippen molar-refractivity contribution >= 4 is 37.3 Å². The van der Waals surface area contributed by atoms with Gasteiger partial charge < -0.3 is 13.3 Å². The smallest absolute Gasteiger partial charge is 0.317 e. The zero-order valence-electron chi connectivity index (χ0n) is 14.5. The Bertz CT molecular complexity index is 461. The summed E-state index contributed by atoms with van der Waals surface area (Å²) in [6, 6.07) is 0.943. The number of rotatable bonds is 8. The van der Waals surface area contributed by atoms with Gasteiger partial charge in [0.2, 0.25) is 0 Å². The van der Waals surface area contributed by atoms with Crippen LogP contribution in [0.1, 0.15) is 26.2 Å². The van der Waals surface area contributed by atoms with E-state index in [-0.39, 0.29) is 23.5 Å². The Morgan fingerprint density at radius 3 is 2.36 bits per heavy atom. The van der Waals surface area contributed by atoms with Crippen LogP contribution in [0.15, 0.2) is 0 Å². The monoisotopic (exact) mass is 360 g/mol. The van der Waals surface area contributed by atoms with Crippen molar-refractivity contribution in [1.82, 2.24) is 0 Å². The summed E-state index contributed by atoms with van der Waals surface area (Å²) in [5.41, 5.74) is 0. The fourth-order valence-corrected chi connectivity index (χ4v) is 15.2. The van der Waals surface area contributed by atoms with E-state index in [1.165, 1.54) is 0 Å². The minimum absolute atomic E-state index is 0.173. The minimum Gasteiger partial charge on any atom is -0.455 e. The maximum atomic E-state index is 11.8. The highest BCUT2D eigenvalue weighted by Crippen LogP contribution is 2.30. The highest BCUT2D eigenvalue weighted by Gasteiger charge is 2.40. The minimum atomic E-state index is -1.96. The van der Waals surface area contributed by atoms with Crippen LogP contribution in [0.4, 0.5) is 0 Å². The second-order valence-corrected chi connectivity index (χ2v) is 19.0. The molecule has 1 aliphatic rings. The van der Waals surface area contributed by atoms with Crippen molar-refractivity contribution in [3.63, 3.8) is 0 Å². The van der Waals surface area contributed by atoms with Gasteiger partial charge in [-0.1, -0.05) is 13.3 Å². The molecular formula is C14H28O5Si3. The van der Waals surface area contributed by atoms with Crippen molar-refractivity contribution in [2.75, 3.05) is 0 Å². The van der Waals surface area contributed by atoms with Gasteiger partial charge in [0.15, 0.2) is 16.6 Å². The molecule has 0 aliphatic carbocycles. The lowest BCUT2D eigenvalue weighted by Gasteiger charge is -2.37. The summed E-state index contributed by atoms with van der Waals surface area (Å²) < 4.78 is 22.9. The molecule has 126 valence electrons. The van der Waals surface area contributed by atoms with E-state index in [0.717, 1.165) is 12.5 Å². The molecule has 0 aromatic carbocycles. The first-order valence-corrected chi connectivity index (χ1v) is 16.0. The zero-order valence-corrected chi connectivity index (χ0v) is 17.5. The molecule has 0 aromatic rings. The number of hydrogen-bond donors (Lipinski definition) is 0. The molecule has 2 unspecified atom stereocenters. The molecule has 0 aromatic heterocycles. The highest BCUT2D eigenvalue weighted by molar-refractivity contribution is 6.90. The van der Waals surface area contributed by atoms with Crippen LogP contribution < -0.4 is 0 Å². The maximum absolute atomic E-state index is 11.8. The lowest BCUT2D eigenvalue weighted by Crippen LogP contribution is -2.48. The van der Waals surface area contributed by atoms with E-state index in [0.29, 0.717) is 6.42 Å². The number of carbonyl (C=O) groups excluding carboxylic acids is 2. The zero-order chi connectivity index (χ0) is 17.1. The Morgan fingerprint density at radius 1 is 1.32 bits per heavy atom. The van der Waals surface area contributed by atoms with Gasteiger partial charge in [-0.05, 0) is 45.2 Å². The summed E-state index contributed by atoms with van der Waals surface area (Å²) >= 11 is 0. The lowest BCUT2D eigenvalue weighted by molar-refractivity contribution is -0.153. The van der Waals surface area contributed by atoms with E-state index < -0.39 is 31.3 Å². The predicted octanol–water partition coefficient (Wildman–Crippen LogP) is 3.26. The third-order valence-electron chi connectivity index (χ3n) is 4.48. The summed E-state index contributed by atoms with van der Waals surface area (Å²) in [5.74, 6) is -1.05. The molecule has 0 amide bonds. The third-order valence-corrected chi connectivity index (χ3v) is 17.0. The van der Waals surface area contributed by atoms with Gasteiger partial charge in [0.05, 0.1) is 12.3 Å². The SMILES string of the molecule is CC([Si](C)=O)[Si](C)(C)O[Si](C)(C)CCCC1CC(=O)OC1=O. The largest absolute Gasteiger partial charge is 0.455 e. The van der Waals surface area contributed by atoms with Crippen molar-refractivity contribution in [2.24, 2.45) is 5.92 Å². The predicted molar refractivity (Wildman–Crippen MR) is 91.0 cm³/mol. The second kappa shape index (κ2) is 7.41. The average molecular weight is 361 g/mol. The second-order valence-electron chi connectivity index (χ2n) is 7.38. The van der Waals surface area contributed by atoms with Gasteiger partial charge in [-0.15, -0.1) is 0 Å². The molecule has 1 fully saturated rings. The maximum Gasteiger partial charge on any atom is 0.317 e.